The van der Waals surface area contributed by atoms with Crippen LogP contribution in [-0.2, 0) is 9.31 Å². The van der Waals surface area contributed by atoms with Gasteiger partial charge in [-0.15, -0.1) is 0 Å². The molecule has 1 fully saturated rings. The average Bonchev–Trinajstić information content (AvgIpc) is 2.53. The fourth-order valence-corrected chi connectivity index (χ4v) is 1.83. The van der Waals surface area contributed by atoms with Crippen LogP contribution in [0.2, 0.25) is 0 Å². The third-order valence-corrected chi connectivity index (χ3v) is 3.09. The van der Waals surface area contributed by atoms with Crippen molar-refractivity contribution in [3.63, 3.8) is 0 Å². The monoisotopic (exact) mass is 246 g/mol. The zero-order valence-corrected chi connectivity index (χ0v) is 10.7. The molecule has 0 bridgehead atoms. The summed E-state index contributed by atoms with van der Waals surface area (Å²) in [5.41, 5.74) is 1.38. The van der Waals surface area contributed by atoms with Gasteiger partial charge in [0.05, 0.1) is 11.3 Å². The zero-order chi connectivity index (χ0) is 13.5. The van der Waals surface area contributed by atoms with E-state index < -0.39 is 18.7 Å². The first-order valence-electron chi connectivity index (χ1n) is 5.69. The summed E-state index contributed by atoms with van der Waals surface area (Å²) < 4.78 is 11.3. The Kier molecular flexibility index (Phi) is 2.95. The molecule has 1 saturated heterocycles. The van der Waals surface area contributed by atoms with Crippen molar-refractivity contribution >= 4 is 18.6 Å². The van der Waals surface area contributed by atoms with E-state index in [1.54, 1.807) is 18.2 Å². The maximum Gasteiger partial charge on any atom is 0.563 e. The molecule has 0 aliphatic carbocycles. The SMILES string of the molecule is C=C1OB(c2ccc(C(=O)O)cc2C)OC1(C)C. The molecule has 0 amide bonds. The van der Waals surface area contributed by atoms with Gasteiger partial charge in [-0.2, -0.15) is 0 Å². The average molecular weight is 246 g/mol. The molecule has 1 aromatic rings. The molecule has 0 spiro atoms. The Labute approximate surface area is 106 Å². The van der Waals surface area contributed by atoms with Gasteiger partial charge in [-0.1, -0.05) is 12.6 Å². The maximum atomic E-state index is 10.9. The van der Waals surface area contributed by atoms with E-state index in [4.69, 9.17) is 14.4 Å². The Hall–Kier alpha value is -1.75. The molecule has 5 heteroatoms. The highest BCUT2D eigenvalue weighted by atomic mass is 16.7. The van der Waals surface area contributed by atoms with E-state index in [0.29, 0.717) is 5.76 Å². The second-order valence-electron chi connectivity index (χ2n) is 4.88. The largest absolute Gasteiger partial charge is 0.563 e. The minimum atomic E-state index is -0.942. The summed E-state index contributed by atoms with van der Waals surface area (Å²) in [7, 11) is -0.518. The second kappa shape index (κ2) is 4.17. The number of carboxylic acid groups (broad SMARTS) is 1. The smallest absolute Gasteiger partial charge is 0.534 e. The van der Waals surface area contributed by atoms with E-state index in [1.165, 1.54) is 0 Å². The lowest BCUT2D eigenvalue weighted by atomic mass is 9.76. The lowest BCUT2D eigenvalue weighted by Gasteiger charge is -2.15. The first kappa shape index (κ1) is 12.7. The van der Waals surface area contributed by atoms with Gasteiger partial charge in [-0.25, -0.2) is 4.79 Å². The van der Waals surface area contributed by atoms with Crippen LogP contribution in [0.5, 0.6) is 0 Å². The van der Waals surface area contributed by atoms with Crippen LogP contribution in [0.3, 0.4) is 0 Å². The van der Waals surface area contributed by atoms with E-state index in [1.807, 2.05) is 20.8 Å². The lowest BCUT2D eigenvalue weighted by molar-refractivity contribution is 0.0696. The summed E-state index contributed by atoms with van der Waals surface area (Å²) in [6, 6.07) is 4.88. The molecule has 18 heavy (non-hydrogen) atoms. The van der Waals surface area contributed by atoms with Crippen molar-refractivity contribution in [2.24, 2.45) is 0 Å². The number of benzene rings is 1. The van der Waals surface area contributed by atoms with Crippen LogP contribution in [0.1, 0.15) is 29.8 Å². The quantitative estimate of drug-likeness (QED) is 0.807. The normalized spacial score (nSPS) is 17.7. The summed E-state index contributed by atoms with van der Waals surface area (Å²) >= 11 is 0. The topological polar surface area (TPSA) is 55.8 Å². The minimum absolute atomic E-state index is 0.257. The molecule has 2 rings (SSSR count). The van der Waals surface area contributed by atoms with Crippen molar-refractivity contribution in [2.75, 3.05) is 0 Å². The molecule has 0 radical (unpaired) electrons. The number of aryl methyl sites for hydroxylation is 1. The van der Waals surface area contributed by atoms with Gasteiger partial charge in [0.1, 0.15) is 5.60 Å². The maximum absolute atomic E-state index is 10.9. The molecular weight excluding hydrogens is 231 g/mol. The van der Waals surface area contributed by atoms with Gasteiger partial charge in [-0.3, -0.25) is 0 Å². The number of aromatic carboxylic acids is 1. The third-order valence-electron chi connectivity index (χ3n) is 3.09. The van der Waals surface area contributed by atoms with Gasteiger partial charge in [0.25, 0.3) is 0 Å². The third kappa shape index (κ3) is 2.13. The summed E-state index contributed by atoms with van der Waals surface area (Å²) in [5.74, 6) is -0.364. The van der Waals surface area contributed by atoms with Crippen LogP contribution < -0.4 is 5.46 Å². The Morgan fingerprint density at radius 1 is 1.44 bits per heavy atom. The molecule has 0 unspecified atom stereocenters. The fourth-order valence-electron chi connectivity index (χ4n) is 1.83. The van der Waals surface area contributed by atoms with Crippen LogP contribution in [0.4, 0.5) is 0 Å². The minimum Gasteiger partial charge on any atom is -0.534 e. The Morgan fingerprint density at radius 2 is 2.11 bits per heavy atom. The van der Waals surface area contributed by atoms with Crippen molar-refractivity contribution in [1.29, 1.82) is 0 Å². The van der Waals surface area contributed by atoms with E-state index in [0.717, 1.165) is 11.0 Å². The number of carboxylic acids is 1. The van der Waals surface area contributed by atoms with Crippen LogP contribution in [-0.4, -0.2) is 23.8 Å². The van der Waals surface area contributed by atoms with Gasteiger partial charge < -0.3 is 14.4 Å². The zero-order valence-electron chi connectivity index (χ0n) is 10.7. The Morgan fingerprint density at radius 3 is 2.56 bits per heavy atom. The standard InChI is InChI=1S/C13H15BO4/c1-8-7-10(12(15)16)5-6-11(8)14-17-9(2)13(3,4)18-14/h5-7H,2H2,1,3-4H3,(H,15,16). The first-order chi connectivity index (χ1) is 8.31. The van der Waals surface area contributed by atoms with Crippen molar-refractivity contribution in [3.8, 4) is 0 Å². The molecule has 94 valence electrons. The van der Waals surface area contributed by atoms with E-state index >= 15 is 0 Å². The van der Waals surface area contributed by atoms with Gasteiger partial charge in [-0.05, 0) is 43.9 Å². The number of hydrogen-bond donors (Lipinski definition) is 1. The van der Waals surface area contributed by atoms with Crippen LogP contribution in [0.15, 0.2) is 30.5 Å². The fraction of sp³-hybridized carbons (Fsp3) is 0.308. The van der Waals surface area contributed by atoms with E-state index in [9.17, 15) is 4.79 Å². The summed E-state index contributed by atoms with van der Waals surface area (Å²) in [4.78, 5) is 10.9. The molecule has 1 aliphatic heterocycles. The number of hydrogen-bond acceptors (Lipinski definition) is 3. The molecule has 0 atom stereocenters. The predicted octanol–water partition coefficient (Wildman–Crippen LogP) is 1.73. The van der Waals surface area contributed by atoms with Crippen LogP contribution in [0, 0.1) is 6.92 Å². The Bertz CT molecular complexity index is 522. The van der Waals surface area contributed by atoms with Crippen molar-refractivity contribution in [2.45, 2.75) is 26.4 Å². The number of carbonyl (C=O) groups is 1. The molecule has 1 N–H and O–H groups in total. The number of rotatable bonds is 2. The van der Waals surface area contributed by atoms with Crippen molar-refractivity contribution in [3.05, 3.63) is 41.7 Å². The molecule has 1 heterocycles. The van der Waals surface area contributed by atoms with E-state index in [2.05, 4.69) is 6.58 Å². The first-order valence-corrected chi connectivity index (χ1v) is 5.69. The molecular formula is C13H15BO4. The molecule has 4 nitrogen and oxygen atoms in total. The molecule has 1 aromatic carbocycles. The summed E-state index contributed by atoms with van der Waals surface area (Å²) in [6.45, 7) is 9.42. The highest BCUT2D eigenvalue weighted by Crippen LogP contribution is 2.29. The predicted molar refractivity (Wildman–Crippen MR) is 68.9 cm³/mol. The highest BCUT2D eigenvalue weighted by Gasteiger charge is 2.43. The van der Waals surface area contributed by atoms with Crippen LogP contribution >= 0.6 is 0 Å². The molecule has 1 aliphatic rings. The van der Waals surface area contributed by atoms with E-state index in [-0.39, 0.29) is 5.56 Å². The van der Waals surface area contributed by atoms with Gasteiger partial charge in [0, 0.05) is 0 Å². The highest BCUT2D eigenvalue weighted by molar-refractivity contribution is 6.62. The van der Waals surface area contributed by atoms with Gasteiger partial charge in [0.2, 0.25) is 0 Å². The van der Waals surface area contributed by atoms with Crippen molar-refractivity contribution < 1.29 is 19.2 Å². The summed E-state index contributed by atoms with van der Waals surface area (Å²) in [6.07, 6.45) is 0. The van der Waals surface area contributed by atoms with Crippen molar-refractivity contribution in [1.82, 2.24) is 0 Å². The summed E-state index contributed by atoms with van der Waals surface area (Å²) in [5, 5.41) is 8.91. The Balaban J connectivity index is 2.31. The molecule has 0 saturated carbocycles. The van der Waals surface area contributed by atoms with Gasteiger partial charge in [0.15, 0.2) is 0 Å². The van der Waals surface area contributed by atoms with Gasteiger partial charge >= 0.3 is 13.1 Å². The lowest BCUT2D eigenvalue weighted by Crippen LogP contribution is -2.36. The van der Waals surface area contributed by atoms with Crippen LogP contribution in [0.25, 0.3) is 0 Å². The molecule has 0 aromatic heterocycles. The second-order valence-corrected chi connectivity index (χ2v) is 4.88.